The number of aromatic hydroxyl groups is 2. The summed E-state index contributed by atoms with van der Waals surface area (Å²) in [5, 5.41) is 41.2. The molecule has 0 bridgehead atoms. The van der Waals surface area contributed by atoms with Crippen LogP contribution in [0.25, 0.3) is 0 Å². The maximum absolute atomic E-state index is 11.0. The average Bonchev–Trinajstić information content (AvgIpc) is 2.47. The molecule has 2 N–H and O–H groups in total. The fourth-order valence-electron chi connectivity index (χ4n) is 2.29. The maximum atomic E-state index is 11.0. The van der Waals surface area contributed by atoms with E-state index < -0.39 is 32.4 Å². The van der Waals surface area contributed by atoms with E-state index in [0.717, 1.165) is 12.1 Å². The van der Waals surface area contributed by atoms with E-state index in [1.54, 1.807) is 26.0 Å². The molecule has 0 atom stereocenters. The molecule has 0 heterocycles. The van der Waals surface area contributed by atoms with E-state index in [9.17, 15) is 30.4 Å². The summed E-state index contributed by atoms with van der Waals surface area (Å²) in [7, 11) is 0. The predicted octanol–water partition coefficient (Wildman–Crippen LogP) is 3.24. The van der Waals surface area contributed by atoms with Crippen LogP contribution >= 0.6 is 0 Å². The Labute approximate surface area is 130 Å². The molecule has 2 aromatic carbocycles. The van der Waals surface area contributed by atoms with E-state index >= 15 is 0 Å². The Morgan fingerprint density at radius 3 is 1.70 bits per heavy atom. The number of nitro groups is 2. The van der Waals surface area contributed by atoms with Crippen molar-refractivity contribution in [2.45, 2.75) is 19.3 Å². The SMILES string of the molecule is CC(C)(c1ccc(O)cc1)c1cc([N+](=O)[O-])c(O)c([N+](=O)[O-])c1. The first kappa shape index (κ1) is 16.2. The highest BCUT2D eigenvalue weighted by molar-refractivity contribution is 5.63. The summed E-state index contributed by atoms with van der Waals surface area (Å²) in [5.74, 6) is -0.905. The van der Waals surface area contributed by atoms with Gasteiger partial charge in [-0.3, -0.25) is 20.2 Å². The van der Waals surface area contributed by atoms with E-state index in [2.05, 4.69) is 0 Å². The van der Waals surface area contributed by atoms with Crippen molar-refractivity contribution >= 4 is 11.4 Å². The van der Waals surface area contributed by atoms with Gasteiger partial charge in [-0.2, -0.15) is 0 Å². The van der Waals surface area contributed by atoms with Crippen molar-refractivity contribution in [3.63, 3.8) is 0 Å². The van der Waals surface area contributed by atoms with Crippen LogP contribution < -0.4 is 0 Å². The van der Waals surface area contributed by atoms with E-state index in [-0.39, 0.29) is 5.75 Å². The largest absolute Gasteiger partial charge is 0.508 e. The Morgan fingerprint density at radius 2 is 1.30 bits per heavy atom. The molecule has 0 spiro atoms. The van der Waals surface area contributed by atoms with Crippen molar-refractivity contribution in [1.29, 1.82) is 0 Å². The molecule has 2 aromatic rings. The van der Waals surface area contributed by atoms with Gasteiger partial charge in [0.1, 0.15) is 5.75 Å². The summed E-state index contributed by atoms with van der Waals surface area (Å²) in [6.45, 7) is 3.47. The van der Waals surface area contributed by atoms with Gasteiger partial charge in [-0.25, -0.2) is 0 Å². The second-order valence-corrected chi connectivity index (χ2v) is 5.55. The van der Waals surface area contributed by atoms with Crippen molar-refractivity contribution in [3.05, 3.63) is 67.8 Å². The second-order valence-electron chi connectivity index (χ2n) is 5.55. The van der Waals surface area contributed by atoms with Gasteiger partial charge in [0, 0.05) is 17.5 Å². The monoisotopic (exact) mass is 318 g/mol. The predicted molar refractivity (Wildman–Crippen MR) is 81.7 cm³/mol. The van der Waals surface area contributed by atoms with Crippen molar-refractivity contribution in [3.8, 4) is 11.5 Å². The normalized spacial score (nSPS) is 11.2. The molecule has 0 aliphatic rings. The molecular formula is C15H14N2O6. The molecule has 0 radical (unpaired) electrons. The molecule has 23 heavy (non-hydrogen) atoms. The highest BCUT2D eigenvalue weighted by atomic mass is 16.6. The first-order valence-electron chi connectivity index (χ1n) is 6.60. The fourth-order valence-corrected chi connectivity index (χ4v) is 2.29. The van der Waals surface area contributed by atoms with Crippen LogP contribution in [0.1, 0.15) is 25.0 Å². The van der Waals surface area contributed by atoms with Crippen molar-refractivity contribution < 1.29 is 20.1 Å². The Balaban J connectivity index is 2.68. The summed E-state index contributed by atoms with van der Waals surface area (Å²) >= 11 is 0. The zero-order valence-corrected chi connectivity index (χ0v) is 12.4. The summed E-state index contributed by atoms with van der Waals surface area (Å²) in [4.78, 5) is 20.4. The number of nitro benzene ring substituents is 2. The minimum absolute atomic E-state index is 0.0622. The summed E-state index contributed by atoms with van der Waals surface area (Å²) in [6.07, 6.45) is 0. The number of phenolic OH excluding ortho intramolecular Hbond substituents is 2. The molecule has 0 saturated carbocycles. The number of hydrogen-bond donors (Lipinski definition) is 2. The van der Waals surface area contributed by atoms with Gasteiger partial charge >= 0.3 is 11.4 Å². The van der Waals surface area contributed by atoms with Gasteiger partial charge in [0.05, 0.1) is 9.85 Å². The number of rotatable bonds is 4. The van der Waals surface area contributed by atoms with Gasteiger partial charge in [-0.05, 0) is 23.3 Å². The summed E-state index contributed by atoms with van der Waals surface area (Å²) < 4.78 is 0. The first-order chi connectivity index (χ1) is 10.6. The van der Waals surface area contributed by atoms with Gasteiger partial charge in [0.15, 0.2) is 0 Å². The molecule has 0 saturated heterocycles. The molecular weight excluding hydrogens is 304 g/mol. The van der Waals surface area contributed by atoms with E-state index in [1.165, 1.54) is 12.1 Å². The Bertz CT molecular complexity index is 748. The van der Waals surface area contributed by atoms with E-state index in [0.29, 0.717) is 11.1 Å². The van der Waals surface area contributed by atoms with Gasteiger partial charge in [-0.15, -0.1) is 0 Å². The molecule has 120 valence electrons. The van der Waals surface area contributed by atoms with Crippen molar-refractivity contribution in [2.24, 2.45) is 0 Å². The topological polar surface area (TPSA) is 127 Å². The van der Waals surface area contributed by atoms with E-state index in [4.69, 9.17) is 0 Å². The minimum atomic E-state index is -0.967. The molecule has 8 heteroatoms. The Morgan fingerprint density at radius 1 is 0.870 bits per heavy atom. The smallest absolute Gasteiger partial charge is 0.318 e. The highest BCUT2D eigenvalue weighted by Gasteiger charge is 2.32. The lowest BCUT2D eigenvalue weighted by molar-refractivity contribution is -0.396. The molecule has 0 aliphatic heterocycles. The zero-order valence-electron chi connectivity index (χ0n) is 12.4. The van der Waals surface area contributed by atoms with Gasteiger partial charge in [0.25, 0.3) is 5.75 Å². The number of nitrogens with zero attached hydrogens (tertiary/aromatic N) is 2. The maximum Gasteiger partial charge on any atom is 0.318 e. The van der Waals surface area contributed by atoms with E-state index in [1.807, 2.05) is 0 Å². The van der Waals surface area contributed by atoms with Crippen LogP contribution in [-0.4, -0.2) is 20.1 Å². The van der Waals surface area contributed by atoms with Crippen molar-refractivity contribution in [2.75, 3.05) is 0 Å². The quantitative estimate of drug-likeness (QED) is 0.658. The Kier molecular flexibility index (Phi) is 3.92. The fraction of sp³-hybridized carbons (Fsp3) is 0.200. The molecule has 0 fully saturated rings. The molecule has 0 aliphatic carbocycles. The number of benzene rings is 2. The van der Waals surface area contributed by atoms with Crippen molar-refractivity contribution in [1.82, 2.24) is 0 Å². The lowest BCUT2D eigenvalue weighted by Crippen LogP contribution is -2.19. The van der Waals surface area contributed by atoms with Crippen LogP contribution in [0.4, 0.5) is 11.4 Å². The molecule has 0 aromatic heterocycles. The Hall–Kier alpha value is -3.16. The molecule has 2 rings (SSSR count). The van der Waals surface area contributed by atoms with Crippen LogP contribution in [0.5, 0.6) is 11.5 Å². The van der Waals surface area contributed by atoms with Gasteiger partial charge in [0.2, 0.25) is 0 Å². The zero-order chi connectivity index (χ0) is 17.4. The average molecular weight is 318 g/mol. The third kappa shape index (κ3) is 2.91. The summed E-state index contributed by atoms with van der Waals surface area (Å²) in [6, 6.07) is 8.41. The second kappa shape index (κ2) is 5.56. The van der Waals surface area contributed by atoms with Crippen LogP contribution in [0.2, 0.25) is 0 Å². The van der Waals surface area contributed by atoms with Gasteiger partial charge < -0.3 is 10.2 Å². The number of phenols is 2. The molecule has 8 nitrogen and oxygen atoms in total. The lowest BCUT2D eigenvalue weighted by Gasteiger charge is -2.26. The van der Waals surface area contributed by atoms with Gasteiger partial charge in [-0.1, -0.05) is 26.0 Å². The van der Waals surface area contributed by atoms with Crippen LogP contribution in [0, 0.1) is 20.2 Å². The highest BCUT2D eigenvalue weighted by Crippen LogP contribution is 2.42. The summed E-state index contributed by atoms with van der Waals surface area (Å²) in [5.41, 5.74) is -1.25. The van der Waals surface area contributed by atoms with Crippen LogP contribution in [0.15, 0.2) is 36.4 Å². The van der Waals surface area contributed by atoms with Crippen LogP contribution in [0.3, 0.4) is 0 Å². The lowest BCUT2D eigenvalue weighted by atomic mass is 9.77. The standard InChI is InChI=1S/C15H14N2O6/c1-15(2,9-3-5-11(18)6-4-9)10-7-12(16(20)21)14(19)13(8-10)17(22)23/h3-8,18-19H,1-2H3. The molecule has 0 unspecified atom stereocenters. The third-order valence-corrected chi connectivity index (χ3v) is 3.77. The van der Waals surface area contributed by atoms with Crippen LogP contribution in [-0.2, 0) is 5.41 Å². The first-order valence-corrected chi connectivity index (χ1v) is 6.60. The number of hydrogen-bond acceptors (Lipinski definition) is 6. The molecule has 0 amide bonds. The third-order valence-electron chi connectivity index (χ3n) is 3.77. The minimum Gasteiger partial charge on any atom is -0.508 e.